The number of alkyl halides is 1. The number of piperazine rings is 1. The van der Waals surface area contributed by atoms with Crippen molar-refractivity contribution in [2.75, 3.05) is 25.4 Å². The first kappa shape index (κ1) is 19.5. The Morgan fingerprint density at radius 2 is 2.04 bits per heavy atom. The molecule has 0 aliphatic carbocycles. The number of nitrogens with two attached hydrogens (primary N) is 1. The van der Waals surface area contributed by atoms with Crippen molar-refractivity contribution in [2.45, 2.75) is 39.4 Å². The molecule has 0 radical (unpaired) electrons. The lowest BCUT2D eigenvalue weighted by molar-refractivity contribution is -0.142. The van der Waals surface area contributed by atoms with Gasteiger partial charge in [-0.15, -0.1) is 0 Å². The summed E-state index contributed by atoms with van der Waals surface area (Å²) in [6.07, 6.45) is -1.33. The van der Waals surface area contributed by atoms with E-state index in [0.29, 0.717) is 35.9 Å². The second-order valence-electron chi connectivity index (χ2n) is 6.71. The minimum Gasteiger partial charge on any atom is -0.398 e. The number of rotatable bonds is 4. The van der Waals surface area contributed by atoms with Crippen molar-refractivity contribution in [1.82, 2.24) is 9.80 Å². The van der Waals surface area contributed by atoms with E-state index in [-0.39, 0.29) is 24.3 Å². The summed E-state index contributed by atoms with van der Waals surface area (Å²) >= 11 is 5.90. The lowest BCUT2D eigenvalue weighted by Gasteiger charge is -2.43. The summed E-state index contributed by atoms with van der Waals surface area (Å²) in [5.74, 6) is -0.531. The van der Waals surface area contributed by atoms with E-state index in [9.17, 15) is 14.0 Å². The molecule has 1 aromatic rings. The topological polar surface area (TPSA) is 66.6 Å². The van der Waals surface area contributed by atoms with Gasteiger partial charge in [0, 0.05) is 25.2 Å². The maximum absolute atomic E-state index is 13.9. The third-order valence-corrected chi connectivity index (χ3v) is 4.97. The van der Waals surface area contributed by atoms with E-state index in [4.69, 9.17) is 17.3 Å². The molecule has 0 spiro atoms. The van der Waals surface area contributed by atoms with E-state index in [1.807, 2.05) is 13.8 Å². The highest BCUT2D eigenvalue weighted by molar-refractivity contribution is 6.33. The number of anilines is 1. The van der Waals surface area contributed by atoms with Crippen LogP contribution in [-0.4, -0.2) is 53.5 Å². The molecule has 2 atom stereocenters. The zero-order chi connectivity index (χ0) is 18.7. The predicted octanol–water partition coefficient (Wildman–Crippen LogP) is 2.98. The fourth-order valence-electron chi connectivity index (χ4n) is 3.05. The first-order valence-corrected chi connectivity index (χ1v) is 8.92. The van der Waals surface area contributed by atoms with Gasteiger partial charge in [-0.3, -0.25) is 9.59 Å². The average molecular weight is 370 g/mol. The average Bonchev–Trinajstić information content (AvgIpc) is 2.61. The molecule has 0 saturated carbocycles. The normalized spacial score (nSPS) is 19.2. The monoisotopic (exact) mass is 369 g/mol. The number of hydrogen-bond donors (Lipinski definition) is 1. The van der Waals surface area contributed by atoms with Gasteiger partial charge in [0.2, 0.25) is 0 Å². The summed E-state index contributed by atoms with van der Waals surface area (Å²) in [7, 11) is 0. The molecule has 0 aromatic heterocycles. The van der Waals surface area contributed by atoms with E-state index in [0.717, 1.165) is 0 Å². The molecular formula is C18H25ClFN3O2. The zero-order valence-electron chi connectivity index (χ0n) is 14.8. The van der Waals surface area contributed by atoms with Crippen LogP contribution in [0, 0.1) is 5.92 Å². The summed E-state index contributed by atoms with van der Waals surface area (Å²) in [4.78, 5) is 28.3. The SMILES string of the molecule is CCC(F)C(=O)N1CCN(C(=O)c2ccc(Cl)c(N)c2)CC1C(C)C. The summed E-state index contributed by atoms with van der Waals surface area (Å²) in [5, 5.41) is 0.403. The molecule has 1 saturated heterocycles. The third-order valence-electron chi connectivity index (χ3n) is 4.63. The molecule has 5 nitrogen and oxygen atoms in total. The molecule has 1 aliphatic heterocycles. The Morgan fingerprint density at radius 3 is 2.60 bits per heavy atom. The molecule has 1 fully saturated rings. The number of carbonyl (C=O) groups excluding carboxylic acids is 2. The van der Waals surface area contributed by atoms with Crippen LogP contribution in [0.4, 0.5) is 10.1 Å². The van der Waals surface area contributed by atoms with Crippen LogP contribution in [0.3, 0.4) is 0 Å². The van der Waals surface area contributed by atoms with E-state index in [2.05, 4.69) is 0 Å². The van der Waals surface area contributed by atoms with Crippen LogP contribution in [0.5, 0.6) is 0 Å². The molecule has 2 unspecified atom stereocenters. The van der Waals surface area contributed by atoms with Crippen molar-refractivity contribution in [3.05, 3.63) is 28.8 Å². The summed E-state index contributed by atoms with van der Waals surface area (Å²) in [6.45, 7) is 6.67. The third kappa shape index (κ3) is 4.24. The van der Waals surface area contributed by atoms with Crippen LogP contribution in [-0.2, 0) is 4.79 Å². The lowest BCUT2D eigenvalue weighted by atomic mass is 9.98. The number of nitrogens with zero attached hydrogens (tertiary/aromatic N) is 2. The zero-order valence-corrected chi connectivity index (χ0v) is 15.6. The molecular weight excluding hydrogens is 345 g/mol. The van der Waals surface area contributed by atoms with E-state index in [1.165, 1.54) is 0 Å². The lowest BCUT2D eigenvalue weighted by Crippen LogP contribution is -2.59. The molecule has 138 valence electrons. The largest absolute Gasteiger partial charge is 0.398 e. The molecule has 1 heterocycles. The molecule has 2 N–H and O–H groups in total. The summed E-state index contributed by atoms with van der Waals surface area (Å²) < 4.78 is 13.9. The fraction of sp³-hybridized carbons (Fsp3) is 0.556. The quantitative estimate of drug-likeness (QED) is 0.830. The van der Waals surface area contributed by atoms with E-state index >= 15 is 0 Å². The Hall–Kier alpha value is -1.82. The van der Waals surface area contributed by atoms with Crippen molar-refractivity contribution >= 4 is 29.1 Å². The van der Waals surface area contributed by atoms with Crippen molar-refractivity contribution < 1.29 is 14.0 Å². The second kappa shape index (κ2) is 8.04. The highest BCUT2D eigenvalue weighted by Gasteiger charge is 2.36. The van der Waals surface area contributed by atoms with Gasteiger partial charge in [0.05, 0.1) is 16.8 Å². The van der Waals surface area contributed by atoms with E-state index in [1.54, 1.807) is 34.9 Å². The maximum Gasteiger partial charge on any atom is 0.257 e. The number of amides is 2. The van der Waals surface area contributed by atoms with Gasteiger partial charge in [-0.1, -0.05) is 32.4 Å². The Bertz CT molecular complexity index is 653. The van der Waals surface area contributed by atoms with Gasteiger partial charge < -0.3 is 15.5 Å². The number of carbonyl (C=O) groups is 2. The van der Waals surface area contributed by atoms with Crippen LogP contribution in [0.25, 0.3) is 0 Å². The highest BCUT2D eigenvalue weighted by Crippen LogP contribution is 2.24. The van der Waals surface area contributed by atoms with Crippen LogP contribution >= 0.6 is 11.6 Å². The van der Waals surface area contributed by atoms with Crippen molar-refractivity contribution in [3.8, 4) is 0 Å². The number of halogens is 2. The number of hydrogen-bond acceptors (Lipinski definition) is 3. The van der Waals surface area contributed by atoms with Crippen LogP contribution < -0.4 is 5.73 Å². The van der Waals surface area contributed by atoms with Crippen molar-refractivity contribution in [3.63, 3.8) is 0 Å². The standard InChI is InChI=1S/C18H25ClFN3O2/c1-4-14(20)18(25)23-8-7-22(10-16(23)11(2)3)17(24)12-5-6-13(19)15(21)9-12/h5-6,9,11,14,16H,4,7-8,10,21H2,1-3H3. The highest BCUT2D eigenvalue weighted by atomic mass is 35.5. The summed E-state index contributed by atoms with van der Waals surface area (Å²) in [6, 6.07) is 4.58. The van der Waals surface area contributed by atoms with Crippen molar-refractivity contribution in [2.24, 2.45) is 5.92 Å². The summed E-state index contributed by atoms with van der Waals surface area (Å²) in [5.41, 5.74) is 6.59. The number of nitrogen functional groups attached to an aromatic ring is 1. The van der Waals surface area contributed by atoms with E-state index < -0.39 is 12.1 Å². The molecule has 7 heteroatoms. The molecule has 0 bridgehead atoms. The van der Waals surface area contributed by atoms with Crippen LogP contribution in [0.1, 0.15) is 37.6 Å². The van der Waals surface area contributed by atoms with Gasteiger partial charge in [-0.2, -0.15) is 0 Å². The molecule has 25 heavy (non-hydrogen) atoms. The first-order chi connectivity index (χ1) is 11.8. The predicted molar refractivity (Wildman–Crippen MR) is 97.3 cm³/mol. The Balaban J connectivity index is 2.16. The molecule has 2 rings (SSSR count). The first-order valence-electron chi connectivity index (χ1n) is 8.55. The van der Waals surface area contributed by atoms with Crippen LogP contribution in [0.15, 0.2) is 18.2 Å². The van der Waals surface area contributed by atoms with Crippen LogP contribution in [0.2, 0.25) is 5.02 Å². The molecule has 1 aromatic carbocycles. The Kier molecular flexibility index (Phi) is 6.27. The second-order valence-corrected chi connectivity index (χ2v) is 7.11. The van der Waals surface area contributed by atoms with Crippen molar-refractivity contribution in [1.29, 1.82) is 0 Å². The maximum atomic E-state index is 13.9. The van der Waals surface area contributed by atoms with Gasteiger partial charge in [0.1, 0.15) is 0 Å². The van der Waals surface area contributed by atoms with Gasteiger partial charge in [-0.05, 0) is 30.5 Å². The molecule has 2 amide bonds. The van der Waals surface area contributed by atoms with Gasteiger partial charge in [0.15, 0.2) is 6.17 Å². The number of benzene rings is 1. The fourth-order valence-corrected chi connectivity index (χ4v) is 3.17. The molecule has 1 aliphatic rings. The van der Waals surface area contributed by atoms with Gasteiger partial charge in [0.25, 0.3) is 11.8 Å². The Labute approximate surface area is 152 Å². The smallest absolute Gasteiger partial charge is 0.257 e. The van der Waals surface area contributed by atoms with Gasteiger partial charge in [-0.25, -0.2) is 4.39 Å². The minimum absolute atomic E-state index is 0.110. The minimum atomic E-state index is -1.49. The van der Waals surface area contributed by atoms with Gasteiger partial charge >= 0.3 is 0 Å². The Morgan fingerprint density at radius 1 is 1.36 bits per heavy atom.